The third-order valence-electron chi connectivity index (χ3n) is 0.762. The van der Waals surface area contributed by atoms with Crippen molar-refractivity contribution in [3.8, 4) is 0 Å². The first-order valence-electron chi connectivity index (χ1n) is 6.09. The van der Waals surface area contributed by atoms with E-state index in [0.717, 1.165) is 0 Å². The van der Waals surface area contributed by atoms with Gasteiger partial charge in [-0.25, -0.2) is 0 Å². The van der Waals surface area contributed by atoms with Crippen LogP contribution in [-0.4, -0.2) is 29.4 Å². The largest absolute Gasteiger partial charge is 0.325 e. The second-order valence-corrected chi connectivity index (χ2v) is 7.45. The molecule has 0 saturated carbocycles. The van der Waals surface area contributed by atoms with Crippen molar-refractivity contribution in [2.24, 2.45) is 0 Å². The smallest absolute Gasteiger partial charge is 0.319 e. The molecule has 0 aliphatic rings. The van der Waals surface area contributed by atoms with Gasteiger partial charge >= 0.3 is 13.4 Å². The van der Waals surface area contributed by atoms with E-state index < -0.39 is 13.4 Å². The summed E-state index contributed by atoms with van der Waals surface area (Å²) in [7, 11) is 0. The predicted octanol–water partition coefficient (Wildman–Crippen LogP) is 2.79. The molecule has 0 unspecified atom stereocenters. The fourth-order valence-electron chi connectivity index (χ4n) is 0.348. The molecule has 0 aromatic heterocycles. The number of allylic oxidation sites excluding steroid dienone is 1. The Morgan fingerprint density at radius 1 is 0.850 bits per heavy atom. The van der Waals surface area contributed by atoms with E-state index in [4.69, 9.17) is 29.4 Å². The van der Waals surface area contributed by atoms with E-state index in [1.807, 2.05) is 33.8 Å². The maximum absolute atomic E-state index is 7.56. The minimum Gasteiger partial charge on any atom is -0.325 e. The maximum atomic E-state index is 7.56. The van der Waals surface area contributed by atoms with E-state index in [0.29, 0.717) is 0 Å². The van der Waals surface area contributed by atoms with Gasteiger partial charge in [-0.15, -0.1) is 6.58 Å². The van der Waals surface area contributed by atoms with E-state index in [1.54, 1.807) is 0 Å². The highest BCUT2D eigenvalue weighted by molar-refractivity contribution is 8.06. The summed E-state index contributed by atoms with van der Waals surface area (Å²) in [5.74, 6) is 0. The minimum atomic E-state index is -3.81. The van der Waals surface area contributed by atoms with Crippen LogP contribution in [0.25, 0.3) is 0 Å². The summed E-state index contributed by atoms with van der Waals surface area (Å²) in [5.41, 5.74) is 0. The molecule has 0 saturated heterocycles. The highest BCUT2D eigenvalue weighted by atomic mass is 32.5. The molecular weight excluding hydrogens is 342 g/mol. The van der Waals surface area contributed by atoms with Gasteiger partial charge in [0.15, 0.2) is 0 Å². The summed E-state index contributed by atoms with van der Waals surface area (Å²) in [6.45, 7) is 6.17. The summed E-state index contributed by atoms with van der Waals surface area (Å²) in [6.07, 6.45) is 5.72. The van der Waals surface area contributed by atoms with Gasteiger partial charge in [-0.1, -0.05) is 53.5 Å². The van der Waals surface area contributed by atoms with Crippen LogP contribution in [0.1, 0.15) is 53.9 Å². The van der Waals surface area contributed by atoms with Crippen molar-refractivity contribution >= 4 is 37.1 Å². The van der Waals surface area contributed by atoms with Gasteiger partial charge in [0.25, 0.3) is 0 Å². The Bertz CT molecular complexity index is 216. The van der Waals surface area contributed by atoms with Gasteiger partial charge in [-0.2, -0.15) is 0 Å². The fourth-order valence-corrected chi connectivity index (χ4v) is 0.348. The van der Waals surface area contributed by atoms with Crippen LogP contribution >= 0.6 is 13.4 Å². The minimum absolute atomic E-state index is 1.18. The quantitative estimate of drug-likeness (QED) is 0.254. The Morgan fingerprint density at radius 2 is 1.05 bits per heavy atom. The lowest BCUT2D eigenvalue weighted by atomic mass is 10.3. The number of hydrogen-bond acceptors (Lipinski definition) is 2. The summed E-state index contributed by atoms with van der Waals surface area (Å²) >= 11 is 7.21. The lowest BCUT2D eigenvalue weighted by molar-refractivity contribution is 0.361. The highest BCUT2D eigenvalue weighted by Crippen LogP contribution is 2.26. The molecule has 0 fully saturated rings. The Labute approximate surface area is 133 Å². The maximum Gasteiger partial charge on any atom is 0.319 e. The van der Waals surface area contributed by atoms with Crippen LogP contribution in [-0.2, 0) is 23.6 Å². The Kier molecular flexibility index (Phi) is 40.5. The first-order valence-corrected chi connectivity index (χ1v) is 11.4. The molecule has 128 valence electrons. The summed E-state index contributed by atoms with van der Waals surface area (Å²) in [5, 5.41) is 0. The van der Waals surface area contributed by atoms with Crippen LogP contribution in [0.3, 0.4) is 0 Å². The van der Waals surface area contributed by atoms with Crippen LogP contribution < -0.4 is 0 Å². The van der Waals surface area contributed by atoms with Gasteiger partial charge in [0.1, 0.15) is 0 Å². The molecule has 0 bridgehead atoms. The normalized spacial score (nSPS) is 8.95. The first kappa shape index (κ1) is 32.7. The summed E-state index contributed by atoms with van der Waals surface area (Å²) in [6, 6.07) is 0. The first-order chi connectivity index (χ1) is 8.91. The lowest BCUT2D eigenvalue weighted by Gasteiger charge is -1.88. The zero-order valence-electron chi connectivity index (χ0n) is 12.8. The molecule has 0 heterocycles. The van der Waals surface area contributed by atoms with Crippen molar-refractivity contribution in [1.29, 1.82) is 0 Å². The van der Waals surface area contributed by atoms with E-state index in [2.05, 4.69) is 37.1 Å². The predicted molar refractivity (Wildman–Crippen MR) is 94.3 cm³/mol. The molecule has 0 aliphatic heterocycles. The van der Waals surface area contributed by atoms with Crippen molar-refractivity contribution in [3.05, 3.63) is 12.7 Å². The van der Waals surface area contributed by atoms with Crippen molar-refractivity contribution < 1.29 is 29.4 Å². The zero-order chi connectivity index (χ0) is 17.8. The Hall–Kier alpha value is 0.800. The molecule has 0 radical (unpaired) electrons. The van der Waals surface area contributed by atoms with Gasteiger partial charge in [0.2, 0.25) is 0 Å². The second-order valence-electron chi connectivity index (χ2n) is 2.46. The third-order valence-corrected chi connectivity index (χ3v) is 0.762. The molecular formula is C10H30O6P2S2. The monoisotopic (exact) mass is 372 g/mol. The standard InChI is InChI=1S/C6H12.2C2H6.2H3O3PS/c1-3-5-6-4-2;2*1-2;2*1-4(2,3)5/h3H,1,4-6H2,2H3;2*1-2H3;2*(H3,1,2,3,5). The van der Waals surface area contributed by atoms with E-state index in [-0.39, 0.29) is 0 Å². The molecule has 0 aromatic carbocycles. The van der Waals surface area contributed by atoms with Gasteiger partial charge in [-0.05, 0) is 30.0 Å². The van der Waals surface area contributed by atoms with E-state index >= 15 is 0 Å². The van der Waals surface area contributed by atoms with Crippen molar-refractivity contribution in [1.82, 2.24) is 0 Å². The summed E-state index contributed by atoms with van der Waals surface area (Å²) in [4.78, 5) is 45.3. The van der Waals surface area contributed by atoms with Crippen LogP contribution in [0.4, 0.5) is 0 Å². The number of hydrogen-bond donors (Lipinski definition) is 6. The molecule has 6 N–H and O–H groups in total. The molecule has 0 aliphatic carbocycles. The third kappa shape index (κ3) is 413. The molecule has 6 nitrogen and oxygen atoms in total. The van der Waals surface area contributed by atoms with Gasteiger partial charge in [-0.3, -0.25) is 0 Å². The fraction of sp³-hybridized carbons (Fsp3) is 0.800. The summed E-state index contributed by atoms with van der Waals surface area (Å²) < 4.78 is 0. The molecule has 20 heavy (non-hydrogen) atoms. The van der Waals surface area contributed by atoms with Crippen LogP contribution in [0.2, 0.25) is 0 Å². The van der Waals surface area contributed by atoms with Gasteiger partial charge < -0.3 is 29.4 Å². The van der Waals surface area contributed by atoms with Crippen LogP contribution in [0.15, 0.2) is 12.7 Å². The van der Waals surface area contributed by atoms with E-state index in [9.17, 15) is 0 Å². The molecule has 0 spiro atoms. The molecule has 0 amide bonds. The topological polar surface area (TPSA) is 121 Å². The molecule has 0 aromatic rings. The van der Waals surface area contributed by atoms with Gasteiger partial charge in [0.05, 0.1) is 0 Å². The van der Waals surface area contributed by atoms with Crippen molar-refractivity contribution in [3.63, 3.8) is 0 Å². The number of rotatable bonds is 3. The Morgan fingerprint density at radius 3 is 1.10 bits per heavy atom. The van der Waals surface area contributed by atoms with Crippen molar-refractivity contribution in [2.75, 3.05) is 0 Å². The zero-order valence-corrected chi connectivity index (χ0v) is 16.2. The Balaban J connectivity index is -0.0000000501. The lowest BCUT2D eigenvalue weighted by Crippen LogP contribution is -1.65. The second kappa shape index (κ2) is 24.8. The molecule has 10 heteroatoms. The molecule has 0 atom stereocenters. The highest BCUT2D eigenvalue weighted by Gasteiger charge is 1.92. The van der Waals surface area contributed by atoms with Crippen LogP contribution in [0.5, 0.6) is 0 Å². The van der Waals surface area contributed by atoms with Crippen molar-refractivity contribution in [2.45, 2.75) is 53.9 Å². The average molecular weight is 372 g/mol. The number of unbranched alkanes of at least 4 members (excludes halogenated alkanes) is 2. The SMILES string of the molecule is C=CCCCC.CC.CC.OP(O)(O)=S.OP(O)(O)=S. The molecule has 0 rings (SSSR count). The van der Waals surface area contributed by atoms with E-state index in [1.165, 1.54) is 19.3 Å². The average Bonchev–Trinajstić information content (AvgIpc) is 2.27. The van der Waals surface area contributed by atoms with Gasteiger partial charge in [0, 0.05) is 0 Å². The van der Waals surface area contributed by atoms with Crippen LogP contribution in [0, 0.1) is 0 Å².